The average molecular weight is 405 g/mol. The Labute approximate surface area is 163 Å². The Balaban J connectivity index is 1.61. The smallest absolute Gasteiger partial charge is 0.252 e. The van der Waals surface area contributed by atoms with E-state index in [0.29, 0.717) is 27.3 Å². The molecule has 0 bridgehead atoms. The fourth-order valence-corrected chi connectivity index (χ4v) is 3.70. The fraction of sp³-hybridized carbons (Fsp3) is 0.167. The molecule has 0 unspecified atom stereocenters. The number of aromatic nitrogens is 3. The van der Waals surface area contributed by atoms with Gasteiger partial charge in [0.25, 0.3) is 5.91 Å². The van der Waals surface area contributed by atoms with Gasteiger partial charge in [0.05, 0.1) is 17.3 Å². The topological polar surface area (TPSA) is 60.2 Å². The Morgan fingerprint density at radius 3 is 2.74 bits per heavy atom. The summed E-state index contributed by atoms with van der Waals surface area (Å²) in [6.07, 6.45) is 0. The summed E-state index contributed by atoms with van der Waals surface area (Å²) in [5.74, 6) is 0.633. The third kappa shape index (κ3) is 3.63. The Morgan fingerprint density at radius 1 is 1.15 bits per heavy atom. The Hall–Kier alpha value is -2.58. The lowest BCUT2D eigenvalue weighted by molar-refractivity contribution is -0.118. The molecule has 0 atom stereocenters. The van der Waals surface area contributed by atoms with Crippen LogP contribution in [0.5, 0.6) is 5.75 Å². The number of hydrogen-bond acceptors (Lipinski definition) is 5. The van der Waals surface area contributed by atoms with E-state index in [1.165, 1.54) is 22.8 Å². The lowest BCUT2D eigenvalue weighted by atomic mass is 10.2. The van der Waals surface area contributed by atoms with E-state index in [1.807, 2.05) is 6.07 Å². The Kier molecular flexibility index (Phi) is 5.00. The third-order valence-corrected chi connectivity index (χ3v) is 5.22. The van der Waals surface area contributed by atoms with Crippen LogP contribution in [0.15, 0.2) is 53.7 Å². The SMILES string of the molecule is O=C1CSc2nnc(COc3ccccc3Cl)n2N1Cc1ccccc1F. The van der Waals surface area contributed by atoms with Crippen molar-refractivity contribution in [3.63, 3.8) is 0 Å². The summed E-state index contributed by atoms with van der Waals surface area (Å²) in [5, 5.41) is 10.7. The fourth-order valence-electron chi connectivity index (χ4n) is 2.68. The summed E-state index contributed by atoms with van der Waals surface area (Å²) in [7, 11) is 0. The van der Waals surface area contributed by atoms with E-state index < -0.39 is 0 Å². The molecule has 0 saturated carbocycles. The molecule has 27 heavy (non-hydrogen) atoms. The van der Waals surface area contributed by atoms with Gasteiger partial charge in [-0.3, -0.25) is 4.79 Å². The van der Waals surface area contributed by atoms with E-state index in [2.05, 4.69) is 10.2 Å². The highest BCUT2D eigenvalue weighted by Crippen LogP contribution is 2.27. The molecule has 0 fully saturated rings. The van der Waals surface area contributed by atoms with E-state index in [0.717, 1.165) is 0 Å². The summed E-state index contributed by atoms with van der Waals surface area (Å²) in [4.78, 5) is 12.5. The maximum absolute atomic E-state index is 14.1. The number of carbonyl (C=O) groups excluding carboxylic acids is 1. The summed E-state index contributed by atoms with van der Waals surface area (Å²) < 4.78 is 21.4. The molecule has 0 N–H and O–H groups in total. The van der Waals surface area contributed by atoms with Crippen LogP contribution in [0.4, 0.5) is 4.39 Å². The van der Waals surface area contributed by atoms with Gasteiger partial charge in [0.15, 0.2) is 5.82 Å². The third-order valence-electron chi connectivity index (χ3n) is 4.00. The van der Waals surface area contributed by atoms with Gasteiger partial charge in [-0.2, -0.15) is 0 Å². The van der Waals surface area contributed by atoms with Crippen molar-refractivity contribution in [1.82, 2.24) is 14.9 Å². The summed E-state index contributed by atoms with van der Waals surface area (Å²) in [6, 6.07) is 13.4. The number of carbonyl (C=O) groups is 1. The van der Waals surface area contributed by atoms with Gasteiger partial charge in [-0.1, -0.05) is 53.7 Å². The molecule has 2 heterocycles. The quantitative estimate of drug-likeness (QED) is 0.652. The molecular weight excluding hydrogens is 391 g/mol. The largest absolute Gasteiger partial charge is 0.484 e. The van der Waals surface area contributed by atoms with Crippen LogP contribution in [0.25, 0.3) is 0 Å². The van der Waals surface area contributed by atoms with Crippen molar-refractivity contribution in [1.29, 1.82) is 0 Å². The maximum Gasteiger partial charge on any atom is 0.252 e. The number of amides is 1. The van der Waals surface area contributed by atoms with E-state index in [-0.39, 0.29) is 30.6 Å². The van der Waals surface area contributed by atoms with Gasteiger partial charge in [-0.15, -0.1) is 10.2 Å². The molecule has 0 spiro atoms. The van der Waals surface area contributed by atoms with Crippen molar-refractivity contribution in [3.8, 4) is 5.75 Å². The van der Waals surface area contributed by atoms with Crippen LogP contribution in [0.3, 0.4) is 0 Å². The first-order valence-electron chi connectivity index (χ1n) is 8.12. The number of halogens is 2. The highest BCUT2D eigenvalue weighted by atomic mass is 35.5. The molecular formula is C18H14ClFN4O2S. The molecule has 9 heteroatoms. The Morgan fingerprint density at radius 2 is 1.93 bits per heavy atom. The molecule has 0 saturated heterocycles. The number of rotatable bonds is 5. The second-order valence-electron chi connectivity index (χ2n) is 5.76. The minimum absolute atomic E-state index is 0.0678. The minimum Gasteiger partial charge on any atom is -0.484 e. The van der Waals surface area contributed by atoms with Crippen LogP contribution in [-0.4, -0.2) is 26.5 Å². The number of thioether (sulfide) groups is 1. The predicted molar refractivity (Wildman–Crippen MR) is 99.9 cm³/mol. The zero-order valence-electron chi connectivity index (χ0n) is 14.0. The summed E-state index contributed by atoms with van der Waals surface area (Å²) in [5.41, 5.74) is 0.412. The minimum atomic E-state index is -0.369. The lowest BCUT2D eigenvalue weighted by Gasteiger charge is -2.29. The van der Waals surface area contributed by atoms with Crippen LogP contribution < -0.4 is 9.75 Å². The number of hydrogen-bond donors (Lipinski definition) is 0. The summed E-state index contributed by atoms with van der Waals surface area (Å²) in [6.45, 7) is 0.147. The molecule has 4 rings (SSSR count). The first-order chi connectivity index (χ1) is 13.1. The van der Waals surface area contributed by atoms with Gasteiger partial charge in [-0.05, 0) is 18.2 Å². The first kappa shape index (κ1) is 17.8. The monoisotopic (exact) mass is 404 g/mol. The molecule has 0 radical (unpaired) electrons. The van der Waals surface area contributed by atoms with Crippen molar-refractivity contribution in [2.75, 3.05) is 10.8 Å². The van der Waals surface area contributed by atoms with Crippen molar-refractivity contribution < 1.29 is 13.9 Å². The van der Waals surface area contributed by atoms with E-state index in [4.69, 9.17) is 16.3 Å². The molecule has 138 valence electrons. The zero-order valence-corrected chi connectivity index (χ0v) is 15.6. The van der Waals surface area contributed by atoms with E-state index in [1.54, 1.807) is 41.1 Å². The van der Waals surface area contributed by atoms with Gasteiger partial charge in [-0.25, -0.2) is 14.1 Å². The molecule has 1 amide bonds. The van der Waals surface area contributed by atoms with Gasteiger partial charge < -0.3 is 4.74 Å². The first-order valence-corrected chi connectivity index (χ1v) is 9.48. The number of ether oxygens (including phenoxy) is 1. The standard InChI is InChI=1S/C18H14ClFN4O2S/c19-13-6-2-4-8-15(13)26-10-16-21-22-18-24(16)23(17(25)11-27-18)9-12-5-1-3-7-14(12)20/h1-8H,9-11H2. The predicted octanol–water partition coefficient (Wildman–Crippen LogP) is 3.42. The van der Waals surface area contributed by atoms with Gasteiger partial charge in [0.2, 0.25) is 5.16 Å². The van der Waals surface area contributed by atoms with Crippen LogP contribution in [0, 0.1) is 5.82 Å². The number of fused-ring (bicyclic) bond motifs is 1. The molecule has 3 aromatic rings. The molecule has 1 aliphatic heterocycles. The highest BCUT2D eigenvalue weighted by molar-refractivity contribution is 7.99. The van der Waals surface area contributed by atoms with Crippen molar-refractivity contribution >= 4 is 29.3 Å². The van der Waals surface area contributed by atoms with Gasteiger partial charge in [0.1, 0.15) is 18.2 Å². The molecule has 1 aliphatic rings. The Bertz CT molecular complexity index is 997. The van der Waals surface area contributed by atoms with Crippen LogP contribution in [0.1, 0.15) is 11.4 Å². The van der Waals surface area contributed by atoms with Gasteiger partial charge >= 0.3 is 0 Å². The number of nitrogens with zero attached hydrogens (tertiary/aromatic N) is 4. The van der Waals surface area contributed by atoms with Crippen LogP contribution in [-0.2, 0) is 17.9 Å². The highest BCUT2D eigenvalue weighted by Gasteiger charge is 2.29. The second-order valence-corrected chi connectivity index (χ2v) is 7.11. The molecule has 0 aliphatic carbocycles. The van der Waals surface area contributed by atoms with Gasteiger partial charge in [0, 0.05) is 5.56 Å². The molecule has 2 aromatic carbocycles. The number of para-hydroxylation sites is 1. The molecule has 1 aromatic heterocycles. The van der Waals surface area contributed by atoms with Crippen LogP contribution in [0.2, 0.25) is 5.02 Å². The second kappa shape index (κ2) is 7.58. The number of benzene rings is 2. The average Bonchev–Trinajstić information content (AvgIpc) is 3.08. The maximum atomic E-state index is 14.1. The summed E-state index contributed by atoms with van der Waals surface area (Å²) >= 11 is 7.39. The lowest BCUT2D eigenvalue weighted by Crippen LogP contribution is -2.45. The zero-order chi connectivity index (χ0) is 18.8. The van der Waals surface area contributed by atoms with Crippen LogP contribution >= 0.6 is 23.4 Å². The van der Waals surface area contributed by atoms with Crippen molar-refractivity contribution in [3.05, 3.63) is 70.8 Å². The normalized spacial score (nSPS) is 13.6. The van der Waals surface area contributed by atoms with E-state index in [9.17, 15) is 9.18 Å². The van der Waals surface area contributed by atoms with E-state index >= 15 is 0 Å². The molecule has 6 nitrogen and oxygen atoms in total. The van der Waals surface area contributed by atoms with Crippen molar-refractivity contribution in [2.45, 2.75) is 18.3 Å². The van der Waals surface area contributed by atoms with Crippen molar-refractivity contribution in [2.24, 2.45) is 0 Å².